The lowest BCUT2D eigenvalue weighted by Crippen LogP contribution is -2.52. The number of hydrogen-bond acceptors (Lipinski definition) is 2. The van der Waals surface area contributed by atoms with Crippen molar-refractivity contribution >= 4 is 12.0 Å². The third-order valence-corrected chi connectivity index (χ3v) is 4.61. The van der Waals surface area contributed by atoms with Crippen molar-refractivity contribution in [3.8, 4) is 0 Å². The molecule has 108 valence electrons. The van der Waals surface area contributed by atoms with Crippen LogP contribution in [-0.2, 0) is 4.79 Å². The van der Waals surface area contributed by atoms with Crippen LogP contribution in [0.15, 0.2) is 0 Å². The Morgan fingerprint density at radius 3 is 2.11 bits per heavy atom. The third kappa shape index (κ3) is 2.69. The number of carbonyl (C=O) groups excluding carboxylic acids is 1. The van der Waals surface area contributed by atoms with Gasteiger partial charge in [-0.25, -0.2) is 4.79 Å². The van der Waals surface area contributed by atoms with Crippen LogP contribution in [0.1, 0.15) is 40.0 Å². The number of carbonyl (C=O) groups is 2. The zero-order chi connectivity index (χ0) is 14.2. The molecular weight excluding hydrogens is 244 g/mol. The zero-order valence-corrected chi connectivity index (χ0v) is 12.0. The van der Waals surface area contributed by atoms with Crippen molar-refractivity contribution in [1.29, 1.82) is 0 Å². The molecule has 2 aliphatic heterocycles. The van der Waals surface area contributed by atoms with E-state index in [0.717, 1.165) is 12.8 Å². The Balaban J connectivity index is 2.06. The van der Waals surface area contributed by atoms with Gasteiger partial charge in [-0.1, -0.05) is 6.92 Å². The maximum atomic E-state index is 12.6. The highest BCUT2D eigenvalue weighted by Gasteiger charge is 2.40. The Morgan fingerprint density at radius 2 is 1.63 bits per heavy atom. The normalized spacial score (nSPS) is 35.5. The van der Waals surface area contributed by atoms with E-state index in [1.54, 1.807) is 4.90 Å². The second kappa shape index (κ2) is 5.39. The van der Waals surface area contributed by atoms with Crippen LogP contribution in [0.3, 0.4) is 0 Å². The fraction of sp³-hybridized carbons (Fsp3) is 0.857. The topological polar surface area (TPSA) is 60.9 Å². The second-order valence-corrected chi connectivity index (χ2v) is 6.15. The summed E-state index contributed by atoms with van der Waals surface area (Å²) in [5, 5.41) is 9.15. The lowest BCUT2D eigenvalue weighted by Gasteiger charge is -2.41. The van der Waals surface area contributed by atoms with Gasteiger partial charge >= 0.3 is 12.0 Å². The van der Waals surface area contributed by atoms with Crippen LogP contribution in [0, 0.1) is 11.8 Å². The molecule has 5 nitrogen and oxygen atoms in total. The van der Waals surface area contributed by atoms with Gasteiger partial charge in [-0.05, 0) is 39.0 Å². The summed E-state index contributed by atoms with van der Waals surface area (Å²) in [7, 11) is 0. The number of aliphatic carboxylic acids is 1. The molecule has 4 unspecified atom stereocenters. The molecule has 2 saturated heterocycles. The molecule has 0 radical (unpaired) electrons. The Bertz CT molecular complexity index is 362. The lowest BCUT2D eigenvalue weighted by atomic mass is 9.98. The van der Waals surface area contributed by atoms with Gasteiger partial charge in [-0.3, -0.25) is 4.79 Å². The number of rotatable bonds is 1. The molecule has 0 bridgehead atoms. The molecule has 0 aliphatic carbocycles. The maximum absolute atomic E-state index is 12.6. The third-order valence-electron chi connectivity index (χ3n) is 4.61. The molecular formula is C14H24N2O3. The van der Waals surface area contributed by atoms with Crippen molar-refractivity contribution in [2.45, 2.75) is 52.1 Å². The number of piperidine rings is 1. The molecule has 2 amide bonds. The molecule has 19 heavy (non-hydrogen) atoms. The number of urea groups is 1. The first kappa shape index (κ1) is 14.2. The minimum Gasteiger partial charge on any atom is -0.481 e. The maximum Gasteiger partial charge on any atom is 0.320 e. The highest BCUT2D eigenvalue weighted by Crippen LogP contribution is 2.28. The number of amides is 2. The molecule has 5 heteroatoms. The molecule has 2 heterocycles. The number of hydrogen-bond donors (Lipinski definition) is 1. The molecule has 2 fully saturated rings. The summed E-state index contributed by atoms with van der Waals surface area (Å²) in [5.74, 6) is -1.17. The van der Waals surface area contributed by atoms with Crippen molar-refractivity contribution in [2.24, 2.45) is 11.8 Å². The van der Waals surface area contributed by atoms with Gasteiger partial charge in [0, 0.05) is 25.2 Å². The molecule has 1 N–H and O–H groups in total. The van der Waals surface area contributed by atoms with Gasteiger partial charge < -0.3 is 14.9 Å². The first-order valence-electron chi connectivity index (χ1n) is 7.21. The van der Waals surface area contributed by atoms with E-state index >= 15 is 0 Å². The average Bonchev–Trinajstić information content (AvgIpc) is 2.71. The minimum atomic E-state index is -0.789. The van der Waals surface area contributed by atoms with Gasteiger partial charge in [-0.2, -0.15) is 0 Å². The second-order valence-electron chi connectivity index (χ2n) is 6.15. The number of carboxylic acid groups (broad SMARTS) is 1. The predicted octanol–water partition coefficient (Wildman–Crippen LogP) is 2.02. The van der Waals surface area contributed by atoms with E-state index in [1.165, 1.54) is 6.42 Å². The molecule has 0 aromatic rings. The number of carboxylic acids is 1. The first-order valence-corrected chi connectivity index (χ1v) is 7.21. The van der Waals surface area contributed by atoms with Crippen LogP contribution >= 0.6 is 0 Å². The monoisotopic (exact) mass is 268 g/mol. The van der Waals surface area contributed by atoms with E-state index in [-0.39, 0.29) is 24.0 Å². The average molecular weight is 268 g/mol. The Kier molecular flexibility index (Phi) is 4.02. The standard InChI is InChI=1S/C14H24N2O3/c1-9-7-15(8-12(9)13(17)18)14(19)16-10(2)5-4-6-11(16)3/h9-12H,4-8H2,1-3H3,(H,17,18). The van der Waals surface area contributed by atoms with Crippen LogP contribution < -0.4 is 0 Å². The van der Waals surface area contributed by atoms with E-state index < -0.39 is 11.9 Å². The van der Waals surface area contributed by atoms with Gasteiger partial charge in [-0.15, -0.1) is 0 Å². The van der Waals surface area contributed by atoms with Gasteiger partial charge in [0.2, 0.25) is 0 Å². The Labute approximate surface area is 114 Å². The summed E-state index contributed by atoms with van der Waals surface area (Å²) < 4.78 is 0. The largest absolute Gasteiger partial charge is 0.481 e. The summed E-state index contributed by atoms with van der Waals surface area (Å²) in [5.41, 5.74) is 0. The van der Waals surface area contributed by atoms with Gasteiger partial charge in [0.05, 0.1) is 5.92 Å². The summed E-state index contributed by atoms with van der Waals surface area (Å²) in [6, 6.07) is 0.543. The van der Waals surface area contributed by atoms with Crippen molar-refractivity contribution < 1.29 is 14.7 Å². The van der Waals surface area contributed by atoms with Crippen LogP contribution in [0.25, 0.3) is 0 Å². The minimum absolute atomic E-state index is 0.0234. The van der Waals surface area contributed by atoms with E-state index in [4.69, 9.17) is 5.11 Å². The zero-order valence-electron chi connectivity index (χ0n) is 12.0. The molecule has 2 rings (SSSR count). The molecule has 0 aromatic heterocycles. The smallest absolute Gasteiger partial charge is 0.320 e. The highest BCUT2D eigenvalue weighted by atomic mass is 16.4. The van der Waals surface area contributed by atoms with E-state index in [0.29, 0.717) is 13.1 Å². The lowest BCUT2D eigenvalue weighted by molar-refractivity contribution is -0.142. The van der Waals surface area contributed by atoms with Crippen LogP contribution in [0.2, 0.25) is 0 Å². The first-order chi connectivity index (χ1) is 8.91. The molecule has 0 spiro atoms. The van der Waals surface area contributed by atoms with E-state index in [9.17, 15) is 9.59 Å². The molecule has 0 aromatic carbocycles. The van der Waals surface area contributed by atoms with Crippen molar-refractivity contribution in [3.63, 3.8) is 0 Å². The number of nitrogens with zero attached hydrogens (tertiary/aromatic N) is 2. The summed E-state index contributed by atoms with van der Waals surface area (Å²) >= 11 is 0. The SMILES string of the molecule is CC1CN(C(=O)N2C(C)CCCC2C)CC1C(=O)O. The van der Waals surface area contributed by atoms with Crippen molar-refractivity contribution in [2.75, 3.05) is 13.1 Å². The summed E-state index contributed by atoms with van der Waals surface area (Å²) in [6.07, 6.45) is 3.25. The Hall–Kier alpha value is -1.26. The van der Waals surface area contributed by atoms with Gasteiger partial charge in [0.25, 0.3) is 0 Å². The van der Waals surface area contributed by atoms with Crippen molar-refractivity contribution in [3.05, 3.63) is 0 Å². The fourth-order valence-electron chi connectivity index (χ4n) is 3.41. The molecule has 2 aliphatic rings. The summed E-state index contributed by atoms with van der Waals surface area (Å²) in [6.45, 7) is 7.00. The number of likely N-dealkylation sites (tertiary alicyclic amines) is 2. The van der Waals surface area contributed by atoms with Crippen molar-refractivity contribution in [1.82, 2.24) is 9.80 Å². The molecule has 0 saturated carbocycles. The highest BCUT2D eigenvalue weighted by molar-refractivity contribution is 5.78. The van der Waals surface area contributed by atoms with E-state index in [1.807, 2.05) is 11.8 Å². The van der Waals surface area contributed by atoms with Crippen LogP contribution in [0.5, 0.6) is 0 Å². The van der Waals surface area contributed by atoms with E-state index in [2.05, 4.69) is 13.8 Å². The quantitative estimate of drug-likeness (QED) is 0.791. The summed E-state index contributed by atoms with van der Waals surface area (Å²) in [4.78, 5) is 27.4. The predicted molar refractivity (Wildman–Crippen MR) is 71.9 cm³/mol. The van der Waals surface area contributed by atoms with Crippen LogP contribution in [-0.4, -0.2) is 52.1 Å². The Morgan fingerprint density at radius 1 is 1.05 bits per heavy atom. The van der Waals surface area contributed by atoms with Gasteiger partial charge in [0.15, 0.2) is 0 Å². The van der Waals surface area contributed by atoms with Crippen LogP contribution in [0.4, 0.5) is 4.79 Å². The van der Waals surface area contributed by atoms with Gasteiger partial charge in [0.1, 0.15) is 0 Å². The fourth-order valence-corrected chi connectivity index (χ4v) is 3.41. The molecule has 4 atom stereocenters.